The van der Waals surface area contributed by atoms with Crippen LogP contribution in [0.5, 0.6) is 0 Å². The number of nitrogens with zero attached hydrogens (tertiary/aromatic N) is 1. The van der Waals surface area contributed by atoms with Crippen LogP contribution in [0.25, 0.3) is 0 Å². The number of rotatable bonds is 6. The van der Waals surface area contributed by atoms with Crippen molar-refractivity contribution in [3.8, 4) is 0 Å². The largest absolute Gasteiger partial charge is 0.345 e. The van der Waals surface area contributed by atoms with E-state index in [1.807, 2.05) is 0 Å². The maximum atomic E-state index is 6.10. The van der Waals surface area contributed by atoms with Crippen LogP contribution in [0.1, 0.15) is 48.0 Å². The van der Waals surface area contributed by atoms with Gasteiger partial charge in [-0.2, -0.15) is 0 Å². The van der Waals surface area contributed by atoms with Crippen LogP contribution in [0.15, 0.2) is 0 Å². The molecule has 0 bridgehead atoms. The van der Waals surface area contributed by atoms with Gasteiger partial charge in [0.05, 0.1) is 0 Å². The van der Waals surface area contributed by atoms with Crippen molar-refractivity contribution < 1.29 is 0 Å². The first-order valence-corrected chi connectivity index (χ1v) is 19.3. The molecular weight excluding hydrogens is 385 g/mol. The second-order valence-electron chi connectivity index (χ2n) is 9.49. The zero-order chi connectivity index (χ0) is 18.2. The van der Waals surface area contributed by atoms with Gasteiger partial charge in [0.25, 0.3) is 0 Å². The van der Waals surface area contributed by atoms with Gasteiger partial charge in [-0.05, 0) is 29.1 Å². The van der Waals surface area contributed by atoms with E-state index in [1.165, 1.54) is 0 Å². The Morgan fingerprint density at radius 2 is 1.05 bits per heavy atom. The summed E-state index contributed by atoms with van der Waals surface area (Å²) in [5, 5.41) is 0.667. The zero-order valence-electron chi connectivity index (χ0n) is 16.2. The van der Waals surface area contributed by atoms with Crippen molar-refractivity contribution in [1.29, 1.82) is 0 Å². The molecule has 0 N–H and O–H groups in total. The fourth-order valence-electron chi connectivity index (χ4n) is 2.51. The van der Waals surface area contributed by atoms with Crippen LogP contribution in [0.2, 0.25) is 42.3 Å². The van der Waals surface area contributed by atoms with Crippen molar-refractivity contribution in [1.82, 2.24) is 4.23 Å². The molecule has 1 nitrogen and oxygen atoms in total. The van der Waals surface area contributed by atoms with Crippen LogP contribution >= 0.6 is 33.2 Å². The molecular formula is C15H36Cl3NSi3. The van der Waals surface area contributed by atoms with Gasteiger partial charge in [0, 0.05) is 0 Å². The highest BCUT2D eigenvalue weighted by Crippen LogP contribution is 2.47. The van der Waals surface area contributed by atoms with E-state index in [-0.39, 0.29) is 0 Å². The van der Waals surface area contributed by atoms with Crippen LogP contribution in [0.3, 0.4) is 0 Å². The molecule has 0 saturated heterocycles. The van der Waals surface area contributed by atoms with Crippen LogP contribution in [-0.2, 0) is 0 Å². The lowest BCUT2D eigenvalue weighted by Crippen LogP contribution is -2.68. The van der Waals surface area contributed by atoms with Crippen LogP contribution in [0.4, 0.5) is 0 Å². The van der Waals surface area contributed by atoms with Gasteiger partial charge in [0.2, 0.25) is 0 Å². The van der Waals surface area contributed by atoms with Gasteiger partial charge in [-0.1, -0.05) is 67.7 Å². The van der Waals surface area contributed by atoms with Crippen molar-refractivity contribution in [2.75, 3.05) is 6.54 Å². The van der Waals surface area contributed by atoms with E-state index in [0.29, 0.717) is 10.1 Å². The molecule has 0 heterocycles. The molecule has 0 unspecified atom stereocenters. The molecule has 0 rings (SSSR count). The summed E-state index contributed by atoms with van der Waals surface area (Å²) in [5.74, 6) is 0. The Morgan fingerprint density at radius 3 is 1.27 bits per heavy atom. The number of hydrogen-bond acceptors (Lipinski definition) is 1. The van der Waals surface area contributed by atoms with Crippen LogP contribution < -0.4 is 0 Å². The molecule has 0 atom stereocenters. The van der Waals surface area contributed by atoms with Crippen LogP contribution in [0, 0.1) is 0 Å². The lowest BCUT2D eigenvalue weighted by atomic mass is 10.2. The first-order chi connectivity index (χ1) is 9.34. The predicted molar refractivity (Wildman–Crippen MR) is 114 cm³/mol. The van der Waals surface area contributed by atoms with Gasteiger partial charge in [-0.25, -0.2) is 0 Å². The highest BCUT2D eigenvalue weighted by atomic mass is 35.8. The molecule has 0 aromatic rings. The number of halogens is 3. The van der Waals surface area contributed by atoms with Crippen molar-refractivity contribution in [2.45, 2.75) is 90.3 Å². The first kappa shape index (κ1) is 23.5. The first-order valence-electron chi connectivity index (χ1n) is 8.18. The van der Waals surface area contributed by atoms with Crippen molar-refractivity contribution in [2.24, 2.45) is 0 Å². The standard InChI is InChI=1S/C15H36Cl3NSi3/c1-14(2,3)20(7,8)19(12-11-13-22(16,17)18)21(9,10)15(4,5)6/h11-13H2,1-10H3. The lowest BCUT2D eigenvalue weighted by Gasteiger charge is -2.57. The van der Waals surface area contributed by atoms with Crippen LogP contribution in [-0.4, -0.2) is 33.2 Å². The van der Waals surface area contributed by atoms with Gasteiger partial charge in [0.1, 0.15) is 16.5 Å². The third-order valence-corrected chi connectivity index (χ3v) is 22.3. The minimum atomic E-state index is -2.51. The summed E-state index contributed by atoms with van der Waals surface area (Å²) < 4.78 is 2.91. The maximum absolute atomic E-state index is 6.10. The van der Waals surface area contributed by atoms with E-state index in [1.54, 1.807) is 0 Å². The molecule has 0 amide bonds. The summed E-state index contributed by atoms with van der Waals surface area (Å²) in [7, 11) is -3.19. The summed E-state index contributed by atoms with van der Waals surface area (Å²) in [4.78, 5) is 0. The fourth-order valence-corrected chi connectivity index (χ4v) is 14.9. The Morgan fingerprint density at radius 1 is 0.727 bits per heavy atom. The minimum absolute atomic E-state index is 0.333. The van der Waals surface area contributed by atoms with Gasteiger partial charge in [-0.15, -0.1) is 33.2 Å². The second-order valence-corrected chi connectivity index (χ2v) is 29.5. The van der Waals surface area contributed by atoms with E-state index in [9.17, 15) is 0 Å². The Labute approximate surface area is 156 Å². The Hall–Kier alpha value is 1.48. The highest BCUT2D eigenvalue weighted by molar-refractivity contribution is 7.64. The van der Waals surface area contributed by atoms with Crippen molar-refractivity contribution in [3.63, 3.8) is 0 Å². The molecule has 0 aliphatic heterocycles. The molecule has 0 aliphatic rings. The van der Waals surface area contributed by atoms with E-state index in [2.05, 4.69) is 72.0 Å². The van der Waals surface area contributed by atoms with E-state index >= 15 is 0 Å². The third-order valence-electron chi connectivity index (χ3n) is 5.86. The molecule has 0 aromatic heterocycles. The Bertz CT molecular complexity index is 340. The maximum Gasteiger partial charge on any atom is 0.341 e. The normalized spacial score (nSPS) is 15.5. The van der Waals surface area contributed by atoms with E-state index in [4.69, 9.17) is 33.2 Å². The molecule has 7 heteroatoms. The number of hydrogen-bond donors (Lipinski definition) is 0. The average molecular weight is 421 g/mol. The van der Waals surface area contributed by atoms with Crippen molar-refractivity contribution >= 4 is 55.7 Å². The third kappa shape index (κ3) is 6.08. The molecule has 0 saturated carbocycles. The van der Waals surface area contributed by atoms with Gasteiger partial charge in [-0.3, -0.25) is 0 Å². The summed E-state index contributed by atoms with van der Waals surface area (Å²) in [6, 6.07) is -1.75. The summed E-state index contributed by atoms with van der Waals surface area (Å²) in [6.07, 6.45) is 1.00. The predicted octanol–water partition coefficient (Wildman–Crippen LogP) is 7.34. The van der Waals surface area contributed by atoms with Gasteiger partial charge < -0.3 is 4.23 Å². The molecule has 0 radical (unpaired) electrons. The monoisotopic (exact) mass is 419 g/mol. The van der Waals surface area contributed by atoms with Gasteiger partial charge in [0.15, 0.2) is 0 Å². The van der Waals surface area contributed by atoms with Crippen molar-refractivity contribution in [3.05, 3.63) is 0 Å². The minimum Gasteiger partial charge on any atom is -0.345 e. The summed E-state index contributed by atoms with van der Waals surface area (Å²) in [6.45, 7) is 25.5. The Balaban J connectivity index is 5.53. The van der Waals surface area contributed by atoms with Gasteiger partial charge >= 0.3 is 6.00 Å². The smallest absolute Gasteiger partial charge is 0.341 e. The molecule has 0 spiro atoms. The SMILES string of the molecule is CC(C)(C)[Si](C)(C)N(CCC[Si](Cl)(Cl)Cl)[Si](C)(C)C(C)(C)C. The lowest BCUT2D eigenvalue weighted by molar-refractivity contribution is 0.508. The summed E-state index contributed by atoms with van der Waals surface area (Å²) >= 11 is 18.3. The van der Waals surface area contributed by atoms with E-state index < -0.39 is 22.5 Å². The molecule has 22 heavy (non-hydrogen) atoms. The highest BCUT2D eigenvalue weighted by Gasteiger charge is 2.51. The quantitative estimate of drug-likeness (QED) is 0.320. The zero-order valence-corrected chi connectivity index (χ0v) is 21.5. The molecule has 0 aromatic carbocycles. The van der Waals surface area contributed by atoms with E-state index in [0.717, 1.165) is 19.0 Å². The summed E-state index contributed by atoms with van der Waals surface area (Å²) in [5.41, 5.74) is 0. The molecule has 0 aliphatic carbocycles. The second kappa shape index (κ2) is 7.38. The topological polar surface area (TPSA) is 3.24 Å². The average Bonchev–Trinajstić information content (AvgIpc) is 2.18. The molecule has 0 fully saturated rings. The molecule has 134 valence electrons. The Kier molecular flexibility index (Phi) is 7.88. The fraction of sp³-hybridized carbons (Fsp3) is 1.00.